The van der Waals surface area contributed by atoms with Crippen molar-refractivity contribution in [3.05, 3.63) is 97.1 Å². The molecule has 2 aromatic heterocycles. The summed E-state index contributed by atoms with van der Waals surface area (Å²) in [5.74, 6) is 2.02. The first kappa shape index (κ1) is 25.2. The Balaban J connectivity index is 1.35. The van der Waals surface area contributed by atoms with Gasteiger partial charge in [0, 0.05) is 40.0 Å². The Morgan fingerprint density at radius 1 is 0.897 bits per heavy atom. The number of ether oxygens (including phenoxy) is 3. The summed E-state index contributed by atoms with van der Waals surface area (Å²) in [7, 11) is 3.23. The third-order valence-electron chi connectivity index (χ3n) is 6.91. The molecule has 1 aliphatic rings. The van der Waals surface area contributed by atoms with Crippen LogP contribution in [0.5, 0.6) is 17.2 Å². The predicted molar refractivity (Wildman–Crippen MR) is 151 cm³/mol. The van der Waals surface area contributed by atoms with Gasteiger partial charge in [-0.15, -0.1) is 0 Å². The van der Waals surface area contributed by atoms with Gasteiger partial charge in [-0.05, 0) is 60.5 Å². The highest BCUT2D eigenvalue weighted by atomic mass is 79.9. The zero-order valence-corrected chi connectivity index (χ0v) is 22.9. The van der Waals surface area contributed by atoms with E-state index in [0.29, 0.717) is 64.7 Å². The molecule has 0 amide bonds. The zero-order chi connectivity index (χ0) is 27.1. The van der Waals surface area contributed by atoms with Crippen LogP contribution in [0.2, 0.25) is 0 Å². The van der Waals surface area contributed by atoms with Crippen LogP contribution in [0.15, 0.2) is 83.6 Å². The van der Waals surface area contributed by atoms with Crippen molar-refractivity contribution in [2.24, 2.45) is 0 Å². The average Bonchev–Trinajstić information content (AvgIpc) is 2.95. The molecule has 0 fully saturated rings. The van der Waals surface area contributed by atoms with Gasteiger partial charge in [0.1, 0.15) is 23.6 Å². The van der Waals surface area contributed by atoms with Gasteiger partial charge in [-0.3, -0.25) is 4.90 Å². The number of benzene rings is 3. The number of hydrogen-bond donors (Lipinski definition) is 0. The maximum absolute atomic E-state index is 13.0. The molecular weight excluding hydrogens is 566 g/mol. The summed E-state index contributed by atoms with van der Waals surface area (Å²) in [4.78, 5) is 27.8. The number of rotatable bonds is 6. The summed E-state index contributed by atoms with van der Waals surface area (Å²) in [5, 5.41) is 1.38. The third kappa shape index (κ3) is 4.79. The number of nitrogens with zero attached hydrogens (tertiary/aromatic N) is 1. The van der Waals surface area contributed by atoms with Crippen molar-refractivity contribution in [2.75, 3.05) is 27.5 Å². The Kier molecular flexibility index (Phi) is 6.62. The van der Waals surface area contributed by atoms with E-state index in [1.165, 1.54) is 6.07 Å². The van der Waals surface area contributed by atoms with E-state index in [-0.39, 0.29) is 0 Å². The lowest BCUT2D eigenvalue weighted by Crippen LogP contribution is -2.33. The van der Waals surface area contributed by atoms with Gasteiger partial charge >= 0.3 is 11.3 Å². The first-order chi connectivity index (χ1) is 18.9. The third-order valence-corrected chi connectivity index (χ3v) is 7.40. The Hall–Kier alpha value is -4.08. The predicted octanol–water partition coefficient (Wildman–Crippen LogP) is 5.74. The normalized spacial score (nSPS) is 13.3. The molecular formula is C30H24BrNO7. The molecule has 0 N–H and O–H groups in total. The molecule has 5 aromatic rings. The standard InChI is InChI=1S/C30H24BrNO7/c1-35-26-6-3-17(11-27(26)36-2)9-10-32-15-23-25(37-16-32)8-5-20-21(14-28(33)39-29(20)23)22-13-18-12-19(31)4-7-24(18)38-30(22)34/h3-8,11-14H,9-10,15-16H2,1-2H3. The molecule has 1 aliphatic heterocycles. The molecule has 0 bridgehead atoms. The summed E-state index contributed by atoms with van der Waals surface area (Å²) in [5.41, 5.74) is 2.40. The quantitative estimate of drug-likeness (QED) is 0.231. The van der Waals surface area contributed by atoms with Crippen molar-refractivity contribution in [1.82, 2.24) is 4.90 Å². The Morgan fingerprint density at radius 3 is 2.56 bits per heavy atom. The van der Waals surface area contributed by atoms with Crippen molar-refractivity contribution in [3.8, 4) is 28.4 Å². The highest BCUT2D eigenvalue weighted by Gasteiger charge is 2.24. The number of hydrogen-bond acceptors (Lipinski definition) is 8. The second-order valence-electron chi connectivity index (χ2n) is 9.29. The monoisotopic (exact) mass is 589 g/mol. The second-order valence-corrected chi connectivity index (χ2v) is 10.2. The largest absolute Gasteiger partial charge is 0.493 e. The van der Waals surface area contributed by atoms with E-state index < -0.39 is 11.3 Å². The van der Waals surface area contributed by atoms with Crippen LogP contribution in [0.25, 0.3) is 33.1 Å². The molecule has 9 heteroatoms. The van der Waals surface area contributed by atoms with Crippen LogP contribution in [0.4, 0.5) is 0 Å². The van der Waals surface area contributed by atoms with Gasteiger partial charge in [0.05, 0.1) is 25.3 Å². The van der Waals surface area contributed by atoms with Gasteiger partial charge in [0.15, 0.2) is 11.5 Å². The summed E-state index contributed by atoms with van der Waals surface area (Å²) in [6.45, 7) is 1.63. The first-order valence-corrected chi connectivity index (χ1v) is 13.1. The number of fused-ring (bicyclic) bond motifs is 4. The van der Waals surface area contributed by atoms with Gasteiger partial charge in [-0.25, -0.2) is 9.59 Å². The fraction of sp³-hybridized carbons (Fsp3) is 0.200. The summed E-state index contributed by atoms with van der Waals surface area (Å²) in [6.07, 6.45) is 0.757. The first-order valence-electron chi connectivity index (χ1n) is 12.3. The van der Waals surface area contributed by atoms with Gasteiger partial charge in [-0.1, -0.05) is 22.0 Å². The molecule has 0 spiro atoms. The minimum Gasteiger partial charge on any atom is -0.493 e. The fourth-order valence-corrected chi connectivity index (χ4v) is 5.33. The summed E-state index contributed by atoms with van der Waals surface area (Å²) >= 11 is 3.46. The summed E-state index contributed by atoms with van der Waals surface area (Å²) in [6, 6.07) is 18.0. The molecule has 0 aliphatic carbocycles. The molecule has 0 saturated heterocycles. The van der Waals surface area contributed by atoms with E-state index in [1.54, 1.807) is 32.4 Å². The minimum absolute atomic E-state index is 0.292. The van der Waals surface area contributed by atoms with Crippen LogP contribution >= 0.6 is 15.9 Å². The maximum Gasteiger partial charge on any atom is 0.344 e. The Morgan fingerprint density at radius 2 is 1.74 bits per heavy atom. The molecule has 198 valence electrons. The molecule has 3 aromatic carbocycles. The van der Waals surface area contributed by atoms with Crippen LogP contribution in [-0.4, -0.2) is 32.4 Å². The van der Waals surface area contributed by atoms with Gasteiger partial charge in [0.25, 0.3) is 0 Å². The van der Waals surface area contributed by atoms with Crippen LogP contribution in [0, 0.1) is 0 Å². The highest BCUT2D eigenvalue weighted by molar-refractivity contribution is 9.10. The molecule has 0 atom stereocenters. The van der Waals surface area contributed by atoms with Crippen LogP contribution in [-0.2, 0) is 13.0 Å². The lowest BCUT2D eigenvalue weighted by Gasteiger charge is -2.29. The van der Waals surface area contributed by atoms with Gasteiger partial charge in [-0.2, -0.15) is 0 Å². The lowest BCUT2D eigenvalue weighted by atomic mass is 9.99. The van der Waals surface area contributed by atoms with Crippen LogP contribution in [0.1, 0.15) is 11.1 Å². The lowest BCUT2D eigenvalue weighted by molar-refractivity contribution is 0.0967. The zero-order valence-electron chi connectivity index (χ0n) is 21.3. The topological polar surface area (TPSA) is 91.4 Å². The summed E-state index contributed by atoms with van der Waals surface area (Å²) < 4.78 is 28.9. The molecule has 0 saturated carbocycles. The van der Waals surface area contributed by atoms with Crippen LogP contribution < -0.4 is 25.5 Å². The van der Waals surface area contributed by atoms with E-state index in [4.69, 9.17) is 23.0 Å². The molecule has 0 unspecified atom stereocenters. The van der Waals surface area contributed by atoms with Crippen molar-refractivity contribution < 1.29 is 23.0 Å². The SMILES string of the molecule is COc1ccc(CCN2COc3ccc4c(-c5cc6cc(Br)ccc6oc5=O)cc(=O)oc4c3C2)cc1OC. The molecule has 6 rings (SSSR count). The smallest absolute Gasteiger partial charge is 0.344 e. The van der Waals surface area contributed by atoms with Crippen LogP contribution in [0.3, 0.4) is 0 Å². The molecule has 3 heterocycles. The van der Waals surface area contributed by atoms with Crippen molar-refractivity contribution >= 4 is 37.9 Å². The van der Waals surface area contributed by atoms with Gasteiger partial charge in [0.2, 0.25) is 0 Å². The Bertz CT molecular complexity index is 1840. The van der Waals surface area contributed by atoms with E-state index in [9.17, 15) is 9.59 Å². The van der Waals surface area contributed by atoms with Crippen molar-refractivity contribution in [2.45, 2.75) is 13.0 Å². The molecule has 0 radical (unpaired) electrons. The minimum atomic E-state index is -0.554. The number of halogens is 1. The maximum atomic E-state index is 13.0. The average molecular weight is 590 g/mol. The molecule has 39 heavy (non-hydrogen) atoms. The number of methoxy groups -OCH3 is 2. The highest BCUT2D eigenvalue weighted by Crippen LogP contribution is 2.36. The molecule has 8 nitrogen and oxygen atoms in total. The fourth-order valence-electron chi connectivity index (χ4n) is 4.95. The van der Waals surface area contributed by atoms with E-state index in [0.717, 1.165) is 27.4 Å². The van der Waals surface area contributed by atoms with Crippen molar-refractivity contribution in [3.63, 3.8) is 0 Å². The Labute approximate surface area is 231 Å². The van der Waals surface area contributed by atoms with E-state index in [2.05, 4.69) is 20.8 Å². The van der Waals surface area contributed by atoms with Gasteiger partial charge < -0.3 is 23.0 Å². The van der Waals surface area contributed by atoms with Crippen molar-refractivity contribution in [1.29, 1.82) is 0 Å². The second kappa shape index (κ2) is 10.2. The van der Waals surface area contributed by atoms with E-state index in [1.807, 2.05) is 36.4 Å². The van der Waals surface area contributed by atoms with E-state index >= 15 is 0 Å².